The van der Waals surface area contributed by atoms with Gasteiger partial charge in [0.2, 0.25) is 0 Å². The molecule has 0 saturated carbocycles. The van der Waals surface area contributed by atoms with E-state index in [-0.39, 0.29) is 15.2 Å². The Hall–Kier alpha value is -2.44. The smallest absolute Gasteiger partial charge is 0.192 e. The molecule has 0 heterocycles. The third-order valence-electron chi connectivity index (χ3n) is 5.96. The van der Waals surface area contributed by atoms with Gasteiger partial charge in [0, 0.05) is 0 Å². The van der Waals surface area contributed by atoms with Crippen LogP contribution in [0, 0.1) is 19.3 Å². The summed E-state index contributed by atoms with van der Waals surface area (Å²) in [7, 11) is -8.21. The number of aryl methyl sites for hydroxylation is 2. The highest BCUT2D eigenvalue weighted by Gasteiger charge is 2.53. The summed E-state index contributed by atoms with van der Waals surface area (Å²) in [6.45, 7) is 13.4. The Labute approximate surface area is 192 Å². The fraction of sp³-hybridized carbons (Fsp3) is 0.308. The van der Waals surface area contributed by atoms with Crippen LogP contribution in [0.4, 0.5) is 0 Å². The molecule has 0 amide bonds. The number of rotatable bonds is 5. The van der Waals surface area contributed by atoms with Crippen LogP contribution in [-0.2, 0) is 19.7 Å². The fourth-order valence-electron chi connectivity index (χ4n) is 3.83. The predicted molar refractivity (Wildman–Crippen MR) is 130 cm³/mol. The van der Waals surface area contributed by atoms with Crippen LogP contribution in [0.25, 0.3) is 0 Å². The van der Waals surface area contributed by atoms with Crippen LogP contribution >= 0.6 is 0 Å². The molecule has 0 saturated heterocycles. The van der Waals surface area contributed by atoms with Gasteiger partial charge in [0.15, 0.2) is 19.7 Å². The Morgan fingerprint density at radius 1 is 0.844 bits per heavy atom. The maximum absolute atomic E-state index is 13.9. The van der Waals surface area contributed by atoms with Gasteiger partial charge in [-0.3, -0.25) is 0 Å². The third kappa shape index (κ3) is 4.02. The summed E-state index contributed by atoms with van der Waals surface area (Å²) in [4.78, 5) is 0.141. The molecule has 0 bridgehead atoms. The summed E-state index contributed by atoms with van der Waals surface area (Å²) in [6, 6.07) is 12.9. The van der Waals surface area contributed by atoms with Gasteiger partial charge in [-0.05, 0) is 49.1 Å². The van der Waals surface area contributed by atoms with Crippen LogP contribution in [0.1, 0.15) is 31.9 Å². The van der Waals surface area contributed by atoms with Gasteiger partial charge in [0.05, 0.1) is 9.79 Å². The standard InChI is InChI=1S/C26H30O4S2/c1-7-26(32(29,30)23-14-10-20(3)11-15-23)17-16-21(25(4,5)6)18-24(26)31(27,28)22-12-8-19(2)9-13-22/h7-18,24H,1H2,2-6H3/t24-,26-/m1/s1. The van der Waals surface area contributed by atoms with Crippen molar-refractivity contribution >= 4 is 19.7 Å². The van der Waals surface area contributed by atoms with E-state index >= 15 is 0 Å². The zero-order valence-corrected chi connectivity index (χ0v) is 20.8. The molecule has 6 heteroatoms. The van der Waals surface area contributed by atoms with Crippen molar-refractivity contribution in [1.29, 1.82) is 0 Å². The third-order valence-corrected chi connectivity index (χ3v) is 10.6. The molecule has 1 aliphatic carbocycles. The minimum Gasteiger partial charge on any atom is -0.223 e. The quantitative estimate of drug-likeness (QED) is 0.550. The minimum atomic E-state index is -4.14. The Balaban J connectivity index is 2.32. The van der Waals surface area contributed by atoms with Crippen LogP contribution in [0.2, 0.25) is 0 Å². The number of benzene rings is 2. The van der Waals surface area contributed by atoms with Gasteiger partial charge in [-0.25, -0.2) is 16.8 Å². The fourth-order valence-corrected chi connectivity index (χ4v) is 8.13. The Morgan fingerprint density at radius 2 is 1.31 bits per heavy atom. The van der Waals surface area contributed by atoms with E-state index in [4.69, 9.17) is 0 Å². The first-order chi connectivity index (χ1) is 14.8. The zero-order chi connectivity index (χ0) is 23.9. The second kappa shape index (κ2) is 8.16. The largest absolute Gasteiger partial charge is 0.223 e. The normalized spacial score (nSPS) is 21.8. The first-order valence-corrected chi connectivity index (χ1v) is 13.5. The number of hydrogen-bond donors (Lipinski definition) is 0. The lowest BCUT2D eigenvalue weighted by Crippen LogP contribution is -2.50. The average molecular weight is 471 g/mol. The molecule has 2 aromatic carbocycles. The molecule has 0 aliphatic heterocycles. The van der Waals surface area contributed by atoms with E-state index in [1.807, 2.05) is 34.6 Å². The first-order valence-electron chi connectivity index (χ1n) is 10.4. The number of hydrogen-bond acceptors (Lipinski definition) is 4. The first kappa shape index (κ1) is 24.2. The number of sulfone groups is 2. The summed E-state index contributed by atoms with van der Waals surface area (Å²) >= 11 is 0. The minimum absolute atomic E-state index is 0.0596. The second-order valence-electron chi connectivity index (χ2n) is 9.36. The Bertz CT molecular complexity index is 1290. The van der Waals surface area contributed by atoms with Gasteiger partial charge in [-0.1, -0.05) is 80.5 Å². The van der Waals surface area contributed by atoms with Crippen molar-refractivity contribution in [2.24, 2.45) is 5.41 Å². The Kier molecular flexibility index (Phi) is 6.17. The van der Waals surface area contributed by atoms with Crippen LogP contribution in [-0.4, -0.2) is 26.8 Å². The molecule has 0 aromatic heterocycles. The van der Waals surface area contributed by atoms with Gasteiger partial charge in [-0.15, -0.1) is 6.58 Å². The van der Waals surface area contributed by atoms with Gasteiger partial charge in [0.25, 0.3) is 0 Å². The summed E-state index contributed by atoms with van der Waals surface area (Å²) in [5, 5.41) is -1.36. The molecule has 1 aliphatic rings. The molecule has 4 nitrogen and oxygen atoms in total. The van der Waals surface area contributed by atoms with Crippen molar-refractivity contribution in [3.05, 3.63) is 96.1 Å². The molecule has 0 unspecified atom stereocenters. The van der Waals surface area contributed by atoms with E-state index in [1.54, 1.807) is 36.4 Å². The van der Waals surface area contributed by atoms with Crippen LogP contribution in [0.15, 0.2) is 94.8 Å². The summed E-state index contributed by atoms with van der Waals surface area (Å²) in [6.07, 6.45) is 6.05. The number of allylic oxidation sites excluding steroid dienone is 2. The molecular weight excluding hydrogens is 440 g/mol. The molecule has 32 heavy (non-hydrogen) atoms. The summed E-state index contributed by atoms with van der Waals surface area (Å²) < 4.78 is 53.8. The van der Waals surface area contributed by atoms with Crippen LogP contribution in [0.3, 0.4) is 0 Å². The maximum atomic E-state index is 13.9. The van der Waals surface area contributed by atoms with Crippen LogP contribution < -0.4 is 0 Å². The molecule has 170 valence electrons. The molecule has 2 aromatic rings. The van der Waals surface area contributed by atoms with Gasteiger partial charge < -0.3 is 0 Å². The summed E-state index contributed by atoms with van der Waals surface area (Å²) in [5.41, 5.74) is 2.23. The van der Waals surface area contributed by atoms with Gasteiger partial charge in [-0.2, -0.15) is 0 Å². The average Bonchev–Trinajstić information content (AvgIpc) is 2.73. The van der Waals surface area contributed by atoms with E-state index in [9.17, 15) is 16.8 Å². The van der Waals surface area contributed by atoms with E-state index in [1.165, 1.54) is 36.4 Å². The zero-order valence-electron chi connectivity index (χ0n) is 19.2. The van der Waals surface area contributed by atoms with Crippen molar-refractivity contribution in [2.45, 2.75) is 54.4 Å². The summed E-state index contributed by atoms with van der Waals surface area (Å²) in [5.74, 6) is 0. The lowest BCUT2D eigenvalue weighted by Gasteiger charge is -2.38. The van der Waals surface area contributed by atoms with Crippen molar-refractivity contribution < 1.29 is 16.8 Å². The second-order valence-corrected chi connectivity index (χ2v) is 13.6. The molecule has 0 fully saturated rings. The van der Waals surface area contributed by atoms with E-state index in [0.29, 0.717) is 0 Å². The lowest BCUT2D eigenvalue weighted by molar-refractivity contribution is 0.505. The molecular formula is C26H30O4S2. The topological polar surface area (TPSA) is 68.3 Å². The van der Waals surface area contributed by atoms with Gasteiger partial charge in [0.1, 0.15) is 10.00 Å². The highest BCUT2D eigenvalue weighted by atomic mass is 32.2. The molecule has 2 atom stereocenters. The van der Waals surface area contributed by atoms with E-state index in [2.05, 4.69) is 6.58 Å². The van der Waals surface area contributed by atoms with Crippen molar-refractivity contribution in [1.82, 2.24) is 0 Å². The van der Waals surface area contributed by atoms with Gasteiger partial charge >= 0.3 is 0 Å². The van der Waals surface area contributed by atoms with E-state index in [0.717, 1.165) is 16.7 Å². The SMILES string of the molecule is C=C[C@@]1(S(=O)(=O)c2ccc(C)cc2)C=CC(C(C)(C)C)=C[C@H]1S(=O)(=O)c1ccc(C)cc1. The maximum Gasteiger partial charge on any atom is 0.192 e. The Morgan fingerprint density at radius 3 is 1.75 bits per heavy atom. The highest BCUT2D eigenvalue weighted by molar-refractivity contribution is 7.97. The molecule has 0 radical (unpaired) electrons. The lowest BCUT2D eigenvalue weighted by atomic mass is 9.81. The molecule has 0 N–H and O–H groups in total. The molecule has 3 rings (SSSR count). The monoisotopic (exact) mass is 470 g/mol. The van der Waals surface area contributed by atoms with Crippen molar-refractivity contribution in [3.8, 4) is 0 Å². The van der Waals surface area contributed by atoms with Crippen molar-refractivity contribution in [3.63, 3.8) is 0 Å². The van der Waals surface area contributed by atoms with Crippen LogP contribution in [0.5, 0.6) is 0 Å². The van der Waals surface area contributed by atoms with Crippen molar-refractivity contribution in [2.75, 3.05) is 0 Å². The predicted octanol–water partition coefficient (Wildman–Crippen LogP) is 5.39. The molecule has 0 spiro atoms. The highest BCUT2D eigenvalue weighted by Crippen LogP contribution is 2.43. The van der Waals surface area contributed by atoms with E-state index < -0.39 is 29.7 Å².